The smallest absolute Gasteiger partial charge is 0.491 e. The number of amides is 2. The molecular formula is C22H25F3N2O5. The predicted octanol–water partition coefficient (Wildman–Crippen LogP) is 3.98. The molecular weight excluding hydrogens is 429 g/mol. The van der Waals surface area contributed by atoms with Gasteiger partial charge in [0.1, 0.15) is 5.75 Å². The van der Waals surface area contributed by atoms with Gasteiger partial charge in [-0.1, -0.05) is 24.3 Å². The highest BCUT2D eigenvalue weighted by Crippen LogP contribution is 2.42. The third-order valence-corrected chi connectivity index (χ3v) is 5.10. The van der Waals surface area contributed by atoms with Gasteiger partial charge in [-0.3, -0.25) is 9.59 Å². The number of esters is 1. The Morgan fingerprint density at radius 3 is 1.72 bits per heavy atom. The Kier molecular flexibility index (Phi) is 7.71. The monoisotopic (exact) mass is 454 g/mol. The summed E-state index contributed by atoms with van der Waals surface area (Å²) in [6.07, 6.45) is -5.34. The van der Waals surface area contributed by atoms with Gasteiger partial charge in [-0.05, 0) is 27.7 Å². The number of phenolic OH excluding ortho intramolecular Hbond substituents is 1. The molecule has 0 saturated carbocycles. The Hall–Kier alpha value is -3.30. The van der Waals surface area contributed by atoms with E-state index in [9.17, 15) is 32.7 Å². The summed E-state index contributed by atoms with van der Waals surface area (Å²) in [7, 11) is 0. The maximum absolute atomic E-state index is 13.4. The van der Waals surface area contributed by atoms with Crippen molar-refractivity contribution in [3.05, 3.63) is 35.4 Å². The van der Waals surface area contributed by atoms with Crippen LogP contribution in [0.15, 0.2) is 24.3 Å². The van der Waals surface area contributed by atoms with Gasteiger partial charge in [0.05, 0.1) is 11.1 Å². The maximum atomic E-state index is 13.4. The molecule has 0 saturated heterocycles. The van der Waals surface area contributed by atoms with Gasteiger partial charge >= 0.3 is 12.1 Å². The van der Waals surface area contributed by atoms with Crippen LogP contribution in [0.5, 0.6) is 11.5 Å². The fourth-order valence-electron chi connectivity index (χ4n) is 3.40. The molecule has 0 aliphatic heterocycles. The quantitative estimate of drug-likeness (QED) is 0.505. The van der Waals surface area contributed by atoms with E-state index in [0.29, 0.717) is 0 Å². The van der Waals surface area contributed by atoms with Crippen molar-refractivity contribution in [1.29, 1.82) is 0 Å². The molecule has 0 aromatic heterocycles. The van der Waals surface area contributed by atoms with Gasteiger partial charge in [0.25, 0.3) is 11.8 Å². The molecule has 32 heavy (non-hydrogen) atoms. The summed E-state index contributed by atoms with van der Waals surface area (Å²) < 4.78 is 43.8. The molecule has 0 bridgehead atoms. The van der Waals surface area contributed by atoms with Crippen LogP contribution in [0.4, 0.5) is 13.2 Å². The lowest BCUT2D eigenvalue weighted by Crippen LogP contribution is -2.36. The number of rotatable bonds is 7. The van der Waals surface area contributed by atoms with Gasteiger partial charge in [0.15, 0.2) is 5.75 Å². The van der Waals surface area contributed by atoms with Crippen LogP contribution in [0.3, 0.4) is 0 Å². The van der Waals surface area contributed by atoms with Crippen LogP contribution in [0.1, 0.15) is 48.4 Å². The Morgan fingerprint density at radius 1 is 0.844 bits per heavy atom. The molecule has 0 radical (unpaired) electrons. The minimum absolute atomic E-state index is 0.0240. The molecule has 0 unspecified atom stereocenters. The van der Waals surface area contributed by atoms with E-state index in [2.05, 4.69) is 4.74 Å². The van der Waals surface area contributed by atoms with Crippen LogP contribution in [0.25, 0.3) is 10.8 Å². The van der Waals surface area contributed by atoms with E-state index in [1.807, 2.05) is 0 Å². The molecule has 0 heterocycles. The van der Waals surface area contributed by atoms with Gasteiger partial charge in [0, 0.05) is 37.0 Å². The van der Waals surface area contributed by atoms with Crippen LogP contribution >= 0.6 is 0 Å². The minimum Gasteiger partial charge on any atom is -0.506 e. The molecule has 2 amide bonds. The van der Waals surface area contributed by atoms with Crippen molar-refractivity contribution in [3.63, 3.8) is 0 Å². The van der Waals surface area contributed by atoms with E-state index in [4.69, 9.17) is 0 Å². The summed E-state index contributed by atoms with van der Waals surface area (Å²) >= 11 is 0. The van der Waals surface area contributed by atoms with Gasteiger partial charge in [-0.25, -0.2) is 4.79 Å². The van der Waals surface area contributed by atoms with Gasteiger partial charge in [0.2, 0.25) is 0 Å². The highest BCUT2D eigenvalue weighted by atomic mass is 19.4. The summed E-state index contributed by atoms with van der Waals surface area (Å²) in [4.78, 5) is 40.9. The summed E-state index contributed by atoms with van der Waals surface area (Å²) in [5, 5.41) is 10.8. The van der Waals surface area contributed by atoms with E-state index < -0.39 is 46.6 Å². The van der Waals surface area contributed by atoms with E-state index in [0.717, 1.165) is 0 Å². The average Bonchev–Trinajstić information content (AvgIpc) is 2.76. The molecule has 2 aromatic rings. The summed E-state index contributed by atoms with van der Waals surface area (Å²) in [6, 6.07) is 5.61. The summed E-state index contributed by atoms with van der Waals surface area (Å²) in [5.74, 6) is -5.43. The van der Waals surface area contributed by atoms with Crippen molar-refractivity contribution in [2.24, 2.45) is 0 Å². The highest BCUT2D eigenvalue weighted by Gasteiger charge is 2.43. The van der Waals surface area contributed by atoms with Gasteiger partial charge in [-0.15, -0.1) is 0 Å². The van der Waals surface area contributed by atoms with Crippen molar-refractivity contribution < 1.29 is 37.4 Å². The topological polar surface area (TPSA) is 87.2 Å². The number of halogens is 3. The standard InChI is InChI=1S/C22H25F3N2O5/c1-5-26(6-2)19(29)15-16(20(30)27(7-3)8-4)18(32-21(31)22(23,24)25)14-12-10-9-11-13(14)17(15)28/h9-12,28H,5-8H2,1-4H3. The van der Waals surface area contributed by atoms with E-state index in [-0.39, 0.29) is 37.0 Å². The van der Waals surface area contributed by atoms with Crippen molar-refractivity contribution in [1.82, 2.24) is 9.80 Å². The van der Waals surface area contributed by atoms with E-state index in [1.54, 1.807) is 27.7 Å². The Labute approximate surface area is 183 Å². The second-order valence-electron chi connectivity index (χ2n) is 6.82. The number of fused-ring (bicyclic) bond motifs is 1. The zero-order valence-corrected chi connectivity index (χ0v) is 18.2. The van der Waals surface area contributed by atoms with Crippen LogP contribution in [-0.2, 0) is 4.79 Å². The van der Waals surface area contributed by atoms with Crippen molar-refractivity contribution in [2.75, 3.05) is 26.2 Å². The summed E-state index contributed by atoms with van der Waals surface area (Å²) in [5.41, 5.74) is -1.09. The number of aromatic hydroxyl groups is 1. The third kappa shape index (κ3) is 4.63. The fourth-order valence-corrected chi connectivity index (χ4v) is 3.40. The zero-order chi connectivity index (χ0) is 24.2. The first-order valence-electron chi connectivity index (χ1n) is 10.2. The fraction of sp³-hybridized carbons (Fsp3) is 0.409. The normalized spacial score (nSPS) is 11.3. The molecule has 0 spiro atoms. The first-order valence-corrected chi connectivity index (χ1v) is 10.2. The second-order valence-corrected chi connectivity index (χ2v) is 6.82. The lowest BCUT2D eigenvalue weighted by Gasteiger charge is -2.26. The average molecular weight is 454 g/mol. The third-order valence-electron chi connectivity index (χ3n) is 5.10. The number of nitrogens with zero attached hydrogens (tertiary/aromatic N) is 2. The molecule has 0 aliphatic carbocycles. The van der Waals surface area contributed by atoms with Crippen LogP contribution in [0, 0.1) is 0 Å². The van der Waals surface area contributed by atoms with Gasteiger partial charge in [-0.2, -0.15) is 13.2 Å². The van der Waals surface area contributed by atoms with Gasteiger partial charge < -0.3 is 19.6 Å². The number of hydrogen-bond donors (Lipinski definition) is 1. The number of alkyl halides is 3. The second kappa shape index (κ2) is 9.88. The van der Waals surface area contributed by atoms with Crippen molar-refractivity contribution >= 4 is 28.6 Å². The zero-order valence-electron chi connectivity index (χ0n) is 18.2. The lowest BCUT2D eigenvalue weighted by molar-refractivity contribution is -0.189. The molecule has 2 aromatic carbocycles. The van der Waals surface area contributed by atoms with Crippen LogP contribution in [-0.4, -0.2) is 65.0 Å². The number of ether oxygens (including phenoxy) is 1. The minimum atomic E-state index is -5.34. The molecule has 0 atom stereocenters. The number of phenols is 1. The van der Waals surface area contributed by atoms with Crippen molar-refractivity contribution in [2.45, 2.75) is 33.9 Å². The number of hydrogen-bond acceptors (Lipinski definition) is 5. The predicted molar refractivity (Wildman–Crippen MR) is 112 cm³/mol. The maximum Gasteiger partial charge on any atom is 0.491 e. The summed E-state index contributed by atoms with van der Waals surface area (Å²) in [6.45, 7) is 7.44. The first kappa shape index (κ1) is 25.0. The molecule has 7 nitrogen and oxygen atoms in total. The largest absolute Gasteiger partial charge is 0.506 e. The lowest BCUT2D eigenvalue weighted by atomic mass is 9.95. The molecule has 1 N–H and O–H groups in total. The van der Waals surface area contributed by atoms with Crippen molar-refractivity contribution in [3.8, 4) is 11.5 Å². The number of benzene rings is 2. The molecule has 10 heteroatoms. The molecule has 0 fully saturated rings. The highest BCUT2D eigenvalue weighted by molar-refractivity contribution is 6.17. The Morgan fingerprint density at radius 2 is 1.28 bits per heavy atom. The Bertz CT molecular complexity index is 1030. The Balaban J connectivity index is 3.01. The number of carbonyl (C=O) groups is 3. The van der Waals surface area contributed by atoms with Crippen LogP contribution < -0.4 is 4.74 Å². The van der Waals surface area contributed by atoms with E-state index in [1.165, 1.54) is 34.1 Å². The number of carbonyl (C=O) groups excluding carboxylic acids is 3. The molecule has 0 aliphatic rings. The SMILES string of the molecule is CCN(CC)C(=O)c1c(C(=O)N(CC)CC)c(OC(=O)C(F)(F)F)c2ccccc2c1O. The molecule has 2 rings (SSSR count). The van der Waals surface area contributed by atoms with Crippen LogP contribution in [0.2, 0.25) is 0 Å². The van der Waals surface area contributed by atoms with E-state index >= 15 is 0 Å². The first-order chi connectivity index (χ1) is 15.0. The molecule has 174 valence electrons.